The topological polar surface area (TPSA) is 44.8 Å². The summed E-state index contributed by atoms with van der Waals surface area (Å²) >= 11 is 0. The SMILES string of the molecule is C[C@@H]1C[C@@H](CO[Si](c2ccccc2)(c2ccccc2)C(C)(C)C)O[C@H]1C(=O)O[C@]1(C)C=CCCC1. The molecule has 0 bridgehead atoms. The van der Waals surface area contributed by atoms with Gasteiger partial charge in [-0.05, 0) is 60.0 Å². The number of benzene rings is 2. The average Bonchev–Trinajstić information content (AvgIpc) is 3.21. The second kappa shape index (κ2) is 10.4. The Hall–Kier alpha value is -2.21. The molecule has 1 aliphatic carbocycles. The first-order valence-corrected chi connectivity index (χ1v) is 14.9. The van der Waals surface area contributed by atoms with E-state index in [1.54, 1.807) is 0 Å². The number of hydrogen-bond acceptors (Lipinski definition) is 4. The minimum Gasteiger partial charge on any atom is -0.453 e. The molecule has 0 radical (unpaired) electrons. The van der Waals surface area contributed by atoms with Gasteiger partial charge in [-0.25, -0.2) is 4.79 Å². The van der Waals surface area contributed by atoms with Crippen LogP contribution in [0.1, 0.15) is 60.3 Å². The highest BCUT2D eigenvalue weighted by atomic mass is 28.4. The van der Waals surface area contributed by atoms with Gasteiger partial charge in [-0.1, -0.05) is 94.4 Å². The van der Waals surface area contributed by atoms with Crippen LogP contribution in [0.4, 0.5) is 0 Å². The van der Waals surface area contributed by atoms with E-state index in [-0.39, 0.29) is 23.0 Å². The fraction of sp³-hybridized carbons (Fsp3) is 0.500. The monoisotopic (exact) mass is 492 g/mol. The highest BCUT2D eigenvalue weighted by Crippen LogP contribution is 2.38. The van der Waals surface area contributed by atoms with Gasteiger partial charge in [0.15, 0.2) is 6.10 Å². The standard InChI is InChI=1S/C30H40O4Si/c1-23-21-24(33-27(23)28(31)34-30(5)19-13-8-14-20-30)22-32-35(29(2,3)4,25-15-9-6-10-16-25)26-17-11-7-12-18-26/h6-7,9-13,15-19,23-24,27H,8,14,20-22H2,1-5H3/t23-,24+,27-,30-/m1/s1. The smallest absolute Gasteiger partial charge is 0.336 e. The maximum absolute atomic E-state index is 13.1. The van der Waals surface area contributed by atoms with E-state index in [1.807, 2.05) is 13.0 Å². The maximum atomic E-state index is 13.1. The fourth-order valence-electron chi connectivity index (χ4n) is 5.67. The third-order valence-electron chi connectivity index (χ3n) is 7.47. The molecule has 1 fully saturated rings. The highest BCUT2D eigenvalue weighted by molar-refractivity contribution is 6.99. The van der Waals surface area contributed by atoms with Gasteiger partial charge in [0, 0.05) is 0 Å². The van der Waals surface area contributed by atoms with Crippen molar-refractivity contribution in [3.63, 3.8) is 0 Å². The van der Waals surface area contributed by atoms with Crippen LogP contribution < -0.4 is 10.4 Å². The lowest BCUT2D eigenvalue weighted by Gasteiger charge is -2.43. The number of hydrogen-bond donors (Lipinski definition) is 0. The molecule has 35 heavy (non-hydrogen) atoms. The Labute approximate surface area is 211 Å². The van der Waals surface area contributed by atoms with Gasteiger partial charge < -0.3 is 13.9 Å². The Bertz CT molecular complexity index is 974. The number of carbonyl (C=O) groups is 1. The van der Waals surface area contributed by atoms with Gasteiger partial charge in [-0.3, -0.25) is 0 Å². The summed E-state index contributed by atoms with van der Waals surface area (Å²) < 4.78 is 19.3. The Balaban J connectivity index is 1.53. The zero-order chi connectivity index (χ0) is 25.1. The van der Waals surface area contributed by atoms with Gasteiger partial charge in [0.2, 0.25) is 0 Å². The van der Waals surface area contributed by atoms with Crippen LogP contribution in [0.2, 0.25) is 5.04 Å². The molecular weight excluding hydrogens is 452 g/mol. The molecule has 0 aromatic heterocycles. The van der Waals surface area contributed by atoms with Gasteiger partial charge in [0.25, 0.3) is 8.32 Å². The van der Waals surface area contributed by atoms with Crippen molar-refractivity contribution in [2.75, 3.05) is 6.61 Å². The molecule has 2 aliphatic rings. The Kier molecular flexibility index (Phi) is 7.70. The van der Waals surface area contributed by atoms with Crippen LogP contribution in [-0.4, -0.2) is 38.7 Å². The summed E-state index contributed by atoms with van der Waals surface area (Å²) in [6, 6.07) is 21.3. The van der Waals surface area contributed by atoms with Crippen LogP contribution in [0, 0.1) is 5.92 Å². The van der Waals surface area contributed by atoms with Crippen molar-refractivity contribution in [2.24, 2.45) is 5.92 Å². The third kappa shape index (κ3) is 5.47. The molecular formula is C30H40O4Si. The summed E-state index contributed by atoms with van der Waals surface area (Å²) in [6.07, 6.45) is 7.17. The minimum atomic E-state index is -2.64. The normalized spacial score (nSPS) is 27.1. The number of allylic oxidation sites excluding steroid dienone is 1. The van der Waals surface area contributed by atoms with Crippen LogP contribution >= 0.6 is 0 Å². The molecule has 1 saturated heterocycles. The first-order chi connectivity index (χ1) is 16.6. The number of esters is 1. The minimum absolute atomic E-state index is 0.0893. The molecule has 0 unspecified atom stereocenters. The average molecular weight is 493 g/mol. The van der Waals surface area contributed by atoms with Crippen molar-refractivity contribution in [3.8, 4) is 0 Å². The third-order valence-corrected chi connectivity index (χ3v) is 12.5. The van der Waals surface area contributed by atoms with Gasteiger partial charge in [-0.15, -0.1) is 0 Å². The summed E-state index contributed by atoms with van der Waals surface area (Å²) in [5.41, 5.74) is -0.526. The predicted octanol–water partition coefficient (Wildman–Crippen LogP) is 5.40. The summed E-state index contributed by atoms with van der Waals surface area (Å²) in [7, 11) is -2.64. The van der Waals surface area contributed by atoms with Crippen LogP contribution in [0.3, 0.4) is 0 Å². The van der Waals surface area contributed by atoms with E-state index in [1.165, 1.54) is 10.4 Å². The van der Waals surface area contributed by atoms with E-state index >= 15 is 0 Å². The largest absolute Gasteiger partial charge is 0.453 e. The molecule has 0 spiro atoms. The molecule has 4 rings (SSSR count). The molecule has 4 nitrogen and oxygen atoms in total. The van der Waals surface area contributed by atoms with E-state index in [2.05, 4.69) is 94.4 Å². The number of rotatable bonds is 7. The van der Waals surface area contributed by atoms with Crippen molar-refractivity contribution in [1.29, 1.82) is 0 Å². The number of carbonyl (C=O) groups excluding carboxylic acids is 1. The zero-order valence-corrected chi connectivity index (χ0v) is 22.8. The van der Waals surface area contributed by atoms with E-state index in [9.17, 15) is 4.79 Å². The van der Waals surface area contributed by atoms with E-state index in [4.69, 9.17) is 13.9 Å². The van der Waals surface area contributed by atoms with E-state index < -0.39 is 20.0 Å². The predicted molar refractivity (Wildman–Crippen MR) is 144 cm³/mol. The molecule has 5 heteroatoms. The molecule has 0 N–H and O–H groups in total. The quantitative estimate of drug-likeness (QED) is 0.295. The van der Waals surface area contributed by atoms with E-state index in [0.717, 1.165) is 25.7 Å². The molecule has 2 aromatic carbocycles. The van der Waals surface area contributed by atoms with Crippen LogP contribution in [0.15, 0.2) is 72.8 Å². The molecule has 1 aliphatic heterocycles. The zero-order valence-electron chi connectivity index (χ0n) is 21.8. The van der Waals surface area contributed by atoms with Crippen molar-refractivity contribution in [2.45, 2.75) is 83.1 Å². The van der Waals surface area contributed by atoms with Gasteiger partial charge in [-0.2, -0.15) is 0 Å². The van der Waals surface area contributed by atoms with Crippen LogP contribution in [0.5, 0.6) is 0 Å². The van der Waals surface area contributed by atoms with Crippen molar-refractivity contribution in [3.05, 3.63) is 72.8 Å². The lowest BCUT2D eigenvalue weighted by Crippen LogP contribution is -2.67. The molecule has 2 aromatic rings. The summed E-state index contributed by atoms with van der Waals surface area (Å²) in [5.74, 6) is -0.161. The second-order valence-electron chi connectivity index (χ2n) is 11.4. The molecule has 188 valence electrons. The van der Waals surface area contributed by atoms with Gasteiger partial charge >= 0.3 is 5.97 Å². The Morgan fingerprint density at radius 2 is 1.66 bits per heavy atom. The van der Waals surface area contributed by atoms with Gasteiger partial charge in [0.05, 0.1) is 12.7 Å². The first-order valence-electron chi connectivity index (χ1n) is 13.0. The summed E-state index contributed by atoms with van der Waals surface area (Å²) in [4.78, 5) is 13.1. The molecule has 0 saturated carbocycles. The Morgan fingerprint density at radius 1 is 1.06 bits per heavy atom. The second-order valence-corrected chi connectivity index (χ2v) is 15.7. The molecule has 4 atom stereocenters. The number of ether oxygens (including phenoxy) is 2. The van der Waals surface area contributed by atoms with Crippen molar-refractivity contribution < 1.29 is 18.7 Å². The first kappa shape index (κ1) is 25.9. The van der Waals surface area contributed by atoms with E-state index in [0.29, 0.717) is 6.61 Å². The highest BCUT2D eigenvalue weighted by Gasteiger charge is 2.51. The molecule has 0 amide bonds. The lowest BCUT2D eigenvalue weighted by molar-refractivity contribution is -0.169. The van der Waals surface area contributed by atoms with Crippen molar-refractivity contribution >= 4 is 24.7 Å². The maximum Gasteiger partial charge on any atom is 0.336 e. The fourth-order valence-corrected chi connectivity index (χ4v) is 10.3. The summed E-state index contributed by atoms with van der Waals surface area (Å²) in [6.45, 7) is 11.3. The van der Waals surface area contributed by atoms with Crippen LogP contribution in [0.25, 0.3) is 0 Å². The van der Waals surface area contributed by atoms with Crippen LogP contribution in [-0.2, 0) is 18.7 Å². The lowest BCUT2D eigenvalue weighted by atomic mass is 9.92. The van der Waals surface area contributed by atoms with Crippen molar-refractivity contribution in [1.82, 2.24) is 0 Å². The summed E-state index contributed by atoms with van der Waals surface area (Å²) in [5, 5.41) is 2.40. The Morgan fingerprint density at radius 3 is 2.17 bits per heavy atom. The molecule has 1 heterocycles. The van der Waals surface area contributed by atoms with Gasteiger partial charge in [0.1, 0.15) is 5.60 Å².